The van der Waals surface area contributed by atoms with E-state index in [0.29, 0.717) is 5.02 Å². The molecular formula is C15H22ClN3O2. The van der Waals surface area contributed by atoms with E-state index in [4.69, 9.17) is 22.1 Å². The fourth-order valence-electron chi connectivity index (χ4n) is 2.60. The van der Waals surface area contributed by atoms with Crippen LogP contribution in [0.25, 0.3) is 0 Å². The molecule has 6 heteroatoms. The number of rotatable bonds is 5. The number of piperazine rings is 1. The standard InChI is InChI=1S/C15H22ClN3O2/c1-11(15(17)20)19-7-5-18(6-8-19)10-12-9-13(16)3-4-14(12)21-2/h3-4,9,11H,5-8,10H2,1-2H3,(H2,17,20). The maximum atomic E-state index is 11.2. The van der Waals surface area contributed by atoms with Gasteiger partial charge in [0.25, 0.3) is 0 Å². The number of hydrogen-bond acceptors (Lipinski definition) is 4. The van der Waals surface area contributed by atoms with Gasteiger partial charge in [-0.15, -0.1) is 0 Å². The number of carbonyl (C=O) groups is 1. The number of carbonyl (C=O) groups excluding carboxylic acids is 1. The molecule has 0 bridgehead atoms. The molecule has 116 valence electrons. The van der Waals surface area contributed by atoms with Crippen LogP contribution in [0.15, 0.2) is 18.2 Å². The van der Waals surface area contributed by atoms with E-state index in [2.05, 4.69) is 9.80 Å². The lowest BCUT2D eigenvalue weighted by atomic mass is 10.1. The van der Waals surface area contributed by atoms with Crippen LogP contribution in [-0.2, 0) is 11.3 Å². The Kier molecular flexibility index (Phi) is 5.45. The number of nitrogens with two attached hydrogens (primary N) is 1. The molecule has 2 N–H and O–H groups in total. The second kappa shape index (κ2) is 7.11. The van der Waals surface area contributed by atoms with Gasteiger partial charge in [-0.25, -0.2) is 0 Å². The van der Waals surface area contributed by atoms with Crippen molar-refractivity contribution in [2.75, 3.05) is 33.3 Å². The number of benzene rings is 1. The Hall–Kier alpha value is -1.30. The molecule has 1 aromatic carbocycles. The molecule has 1 atom stereocenters. The molecule has 1 aromatic rings. The van der Waals surface area contributed by atoms with Crippen molar-refractivity contribution in [2.45, 2.75) is 19.5 Å². The SMILES string of the molecule is COc1ccc(Cl)cc1CN1CCN(C(C)C(N)=O)CC1. The Labute approximate surface area is 130 Å². The molecule has 0 aromatic heterocycles. The lowest BCUT2D eigenvalue weighted by Crippen LogP contribution is -2.52. The quantitative estimate of drug-likeness (QED) is 0.891. The molecule has 0 aliphatic carbocycles. The highest BCUT2D eigenvalue weighted by atomic mass is 35.5. The molecule has 1 amide bonds. The summed E-state index contributed by atoms with van der Waals surface area (Å²) in [5, 5.41) is 0.715. The molecule has 0 radical (unpaired) electrons. The number of ether oxygens (including phenoxy) is 1. The van der Waals surface area contributed by atoms with Crippen molar-refractivity contribution < 1.29 is 9.53 Å². The maximum absolute atomic E-state index is 11.2. The van der Waals surface area contributed by atoms with E-state index >= 15 is 0 Å². The molecular weight excluding hydrogens is 290 g/mol. The third-order valence-corrected chi connectivity index (χ3v) is 4.24. The zero-order chi connectivity index (χ0) is 15.4. The van der Waals surface area contributed by atoms with Crippen molar-refractivity contribution in [3.8, 4) is 5.75 Å². The summed E-state index contributed by atoms with van der Waals surface area (Å²) in [5.41, 5.74) is 6.44. The van der Waals surface area contributed by atoms with Gasteiger partial charge in [0, 0.05) is 43.3 Å². The first kappa shape index (κ1) is 16.1. The van der Waals surface area contributed by atoms with Gasteiger partial charge in [-0.2, -0.15) is 0 Å². The first-order chi connectivity index (χ1) is 10.0. The van der Waals surface area contributed by atoms with Gasteiger partial charge < -0.3 is 10.5 Å². The molecule has 21 heavy (non-hydrogen) atoms. The lowest BCUT2D eigenvalue weighted by Gasteiger charge is -2.37. The van der Waals surface area contributed by atoms with Crippen LogP contribution in [0, 0.1) is 0 Å². The van der Waals surface area contributed by atoms with Crippen LogP contribution in [0.1, 0.15) is 12.5 Å². The fraction of sp³-hybridized carbons (Fsp3) is 0.533. The van der Waals surface area contributed by atoms with Gasteiger partial charge in [0.05, 0.1) is 13.2 Å². The molecule has 1 unspecified atom stereocenters. The van der Waals surface area contributed by atoms with Crippen LogP contribution in [-0.4, -0.2) is 55.0 Å². The highest BCUT2D eigenvalue weighted by molar-refractivity contribution is 6.30. The summed E-state index contributed by atoms with van der Waals surface area (Å²) in [6, 6.07) is 5.46. The van der Waals surface area contributed by atoms with Gasteiger partial charge in [-0.05, 0) is 25.1 Å². The molecule has 1 aliphatic rings. The Morgan fingerprint density at radius 2 is 2.05 bits per heavy atom. The summed E-state index contributed by atoms with van der Waals surface area (Å²) in [4.78, 5) is 15.7. The molecule has 1 heterocycles. The molecule has 0 saturated carbocycles. The molecule has 5 nitrogen and oxygen atoms in total. The number of nitrogens with zero attached hydrogens (tertiary/aromatic N) is 2. The van der Waals surface area contributed by atoms with Gasteiger partial charge in [0.1, 0.15) is 5.75 Å². The number of halogens is 1. The molecule has 1 aliphatic heterocycles. The third-order valence-electron chi connectivity index (χ3n) is 4.00. The summed E-state index contributed by atoms with van der Waals surface area (Å²) in [6.07, 6.45) is 0. The average Bonchev–Trinajstić information content (AvgIpc) is 2.47. The summed E-state index contributed by atoms with van der Waals surface area (Å²) in [7, 11) is 1.67. The van der Waals surface area contributed by atoms with Gasteiger partial charge >= 0.3 is 0 Å². The predicted molar refractivity (Wildman–Crippen MR) is 83.5 cm³/mol. The van der Waals surface area contributed by atoms with E-state index in [9.17, 15) is 4.79 Å². The Morgan fingerprint density at radius 3 is 2.62 bits per heavy atom. The summed E-state index contributed by atoms with van der Waals surface area (Å²) in [5.74, 6) is 0.590. The van der Waals surface area contributed by atoms with Gasteiger partial charge in [-0.3, -0.25) is 14.6 Å². The predicted octanol–water partition coefficient (Wildman–Crippen LogP) is 1.34. The summed E-state index contributed by atoms with van der Waals surface area (Å²) >= 11 is 6.06. The van der Waals surface area contributed by atoms with E-state index in [-0.39, 0.29) is 11.9 Å². The molecule has 2 rings (SSSR count). The minimum absolute atomic E-state index is 0.201. The first-order valence-corrected chi connectivity index (χ1v) is 7.47. The fourth-order valence-corrected chi connectivity index (χ4v) is 2.80. The van der Waals surface area contributed by atoms with E-state index in [1.807, 2.05) is 25.1 Å². The number of primary amides is 1. The van der Waals surface area contributed by atoms with Gasteiger partial charge in [0.15, 0.2) is 0 Å². The first-order valence-electron chi connectivity index (χ1n) is 7.09. The van der Waals surface area contributed by atoms with Crippen molar-refractivity contribution >= 4 is 17.5 Å². The zero-order valence-corrected chi connectivity index (χ0v) is 13.3. The Morgan fingerprint density at radius 1 is 1.38 bits per heavy atom. The van der Waals surface area contributed by atoms with Crippen molar-refractivity contribution in [3.05, 3.63) is 28.8 Å². The second-order valence-corrected chi connectivity index (χ2v) is 5.78. The van der Waals surface area contributed by atoms with Crippen LogP contribution in [0.2, 0.25) is 5.02 Å². The minimum Gasteiger partial charge on any atom is -0.496 e. The smallest absolute Gasteiger partial charge is 0.234 e. The second-order valence-electron chi connectivity index (χ2n) is 5.35. The van der Waals surface area contributed by atoms with Crippen LogP contribution < -0.4 is 10.5 Å². The van der Waals surface area contributed by atoms with Crippen LogP contribution in [0.4, 0.5) is 0 Å². The molecule has 0 spiro atoms. The largest absolute Gasteiger partial charge is 0.496 e. The summed E-state index contributed by atoms with van der Waals surface area (Å²) in [6.45, 7) is 6.13. The van der Waals surface area contributed by atoms with Crippen LogP contribution in [0.3, 0.4) is 0 Å². The van der Waals surface area contributed by atoms with E-state index < -0.39 is 0 Å². The number of methoxy groups -OCH3 is 1. The third kappa shape index (κ3) is 4.09. The van der Waals surface area contributed by atoms with E-state index in [1.54, 1.807) is 7.11 Å². The van der Waals surface area contributed by atoms with Gasteiger partial charge in [0.2, 0.25) is 5.91 Å². The number of hydrogen-bond donors (Lipinski definition) is 1. The average molecular weight is 312 g/mol. The van der Waals surface area contributed by atoms with Crippen molar-refractivity contribution in [1.29, 1.82) is 0 Å². The Bertz CT molecular complexity index is 502. The Balaban J connectivity index is 1.95. The minimum atomic E-state index is -0.264. The van der Waals surface area contributed by atoms with E-state index in [1.165, 1.54) is 0 Å². The molecule has 1 saturated heterocycles. The van der Waals surface area contributed by atoms with E-state index in [0.717, 1.165) is 44.0 Å². The van der Waals surface area contributed by atoms with Crippen molar-refractivity contribution in [1.82, 2.24) is 9.80 Å². The zero-order valence-electron chi connectivity index (χ0n) is 12.5. The summed E-state index contributed by atoms with van der Waals surface area (Å²) < 4.78 is 5.38. The molecule has 1 fully saturated rings. The van der Waals surface area contributed by atoms with Crippen LogP contribution >= 0.6 is 11.6 Å². The van der Waals surface area contributed by atoms with Crippen molar-refractivity contribution in [2.24, 2.45) is 5.73 Å². The normalized spacial score (nSPS) is 18.4. The highest BCUT2D eigenvalue weighted by Gasteiger charge is 2.24. The van der Waals surface area contributed by atoms with Crippen LogP contribution in [0.5, 0.6) is 5.75 Å². The monoisotopic (exact) mass is 311 g/mol. The van der Waals surface area contributed by atoms with Gasteiger partial charge in [-0.1, -0.05) is 11.6 Å². The lowest BCUT2D eigenvalue weighted by molar-refractivity contribution is -0.123. The topological polar surface area (TPSA) is 58.8 Å². The number of amides is 1. The maximum Gasteiger partial charge on any atom is 0.234 e. The van der Waals surface area contributed by atoms with Crippen molar-refractivity contribution in [3.63, 3.8) is 0 Å². The highest BCUT2D eigenvalue weighted by Crippen LogP contribution is 2.24.